The first-order chi connectivity index (χ1) is 9.78. The Morgan fingerprint density at radius 1 is 1.50 bits per heavy atom. The molecule has 0 radical (unpaired) electrons. The molecule has 0 aliphatic carbocycles. The van der Waals surface area contributed by atoms with Gasteiger partial charge in [0.2, 0.25) is 0 Å². The van der Waals surface area contributed by atoms with Crippen LogP contribution in [0.2, 0.25) is 5.02 Å². The van der Waals surface area contributed by atoms with Gasteiger partial charge in [0.05, 0.1) is 10.6 Å². The summed E-state index contributed by atoms with van der Waals surface area (Å²) in [4.78, 5) is 6.40. The molecule has 0 amide bonds. The molecule has 2 aromatic heterocycles. The van der Waals surface area contributed by atoms with Crippen LogP contribution in [0.3, 0.4) is 0 Å². The molecule has 1 aliphatic heterocycles. The molecule has 1 N–H and O–H groups in total. The first-order valence-electron chi connectivity index (χ1n) is 6.32. The van der Waals surface area contributed by atoms with Crippen molar-refractivity contribution in [2.24, 2.45) is 0 Å². The highest BCUT2D eigenvalue weighted by molar-refractivity contribution is 6.33. The average Bonchev–Trinajstić information content (AvgIpc) is 3.01. The number of piperidine rings is 1. The third-order valence-corrected chi connectivity index (χ3v) is 3.68. The molecular weight excluding hydrogens is 278 g/mol. The quantitative estimate of drug-likeness (QED) is 0.900. The summed E-state index contributed by atoms with van der Waals surface area (Å²) in [7, 11) is 0. The molecule has 3 rings (SSSR count). The van der Waals surface area contributed by atoms with Gasteiger partial charge >= 0.3 is 0 Å². The molecule has 1 saturated heterocycles. The van der Waals surface area contributed by atoms with E-state index in [0.29, 0.717) is 16.4 Å². The van der Waals surface area contributed by atoms with Crippen molar-refractivity contribution in [2.45, 2.75) is 18.8 Å². The van der Waals surface area contributed by atoms with Crippen molar-refractivity contribution >= 4 is 17.4 Å². The highest BCUT2D eigenvalue weighted by Crippen LogP contribution is 2.31. The van der Waals surface area contributed by atoms with E-state index in [9.17, 15) is 0 Å². The maximum absolute atomic E-state index is 8.84. The number of pyridine rings is 1. The van der Waals surface area contributed by atoms with Gasteiger partial charge in [0.1, 0.15) is 11.9 Å². The standard InChI is InChI=1S/C12H12ClN7/c13-10-4-8(5-14)6-15-12(10)20-3-1-2-9(7-20)11-16-18-19-17-11/h4,6,9H,1-3,7H2,(H,16,17,18,19)/t9-/m1/s1. The van der Waals surface area contributed by atoms with Gasteiger partial charge in [0, 0.05) is 25.2 Å². The van der Waals surface area contributed by atoms with Crippen LogP contribution in [0, 0.1) is 11.3 Å². The van der Waals surface area contributed by atoms with E-state index in [1.165, 1.54) is 0 Å². The maximum atomic E-state index is 8.84. The highest BCUT2D eigenvalue weighted by Gasteiger charge is 2.26. The second-order valence-electron chi connectivity index (χ2n) is 4.70. The molecule has 0 aromatic carbocycles. The van der Waals surface area contributed by atoms with Gasteiger partial charge in [0.25, 0.3) is 0 Å². The van der Waals surface area contributed by atoms with Crippen molar-refractivity contribution in [1.29, 1.82) is 5.26 Å². The van der Waals surface area contributed by atoms with Gasteiger partial charge in [-0.05, 0) is 18.9 Å². The zero-order chi connectivity index (χ0) is 13.9. The number of rotatable bonds is 2. The summed E-state index contributed by atoms with van der Waals surface area (Å²) in [6, 6.07) is 3.67. The second kappa shape index (κ2) is 5.43. The molecule has 0 spiro atoms. The first-order valence-corrected chi connectivity index (χ1v) is 6.69. The van der Waals surface area contributed by atoms with Gasteiger partial charge in [0.15, 0.2) is 5.82 Å². The summed E-state index contributed by atoms with van der Waals surface area (Å²) in [5.74, 6) is 1.65. The summed E-state index contributed by atoms with van der Waals surface area (Å²) >= 11 is 6.21. The van der Waals surface area contributed by atoms with Crippen LogP contribution in [0.25, 0.3) is 0 Å². The molecule has 0 bridgehead atoms. The molecule has 20 heavy (non-hydrogen) atoms. The van der Waals surface area contributed by atoms with Crippen LogP contribution in [0.4, 0.5) is 5.82 Å². The molecule has 1 aliphatic rings. The molecular formula is C12H12ClN7. The third-order valence-electron chi connectivity index (χ3n) is 3.40. The number of nitriles is 1. The Balaban J connectivity index is 1.82. The van der Waals surface area contributed by atoms with Gasteiger partial charge in [-0.3, -0.25) is 0 Å². The zero-order valence-electron chi connectivity index (χ0n) is 10.6. The molecule has 3 heterocycles. The van der Waals surface area contributed by atoms with Crippen molar-refractivity contribution < 1.29 is 0 Å². The number of tetrazole rings is 1. The fraction of sp³-hybridized carbons (Fsp3) is 0.417. The van der Waals surface area contributed by atoms with Crippen LogP contribution in [0.5, 0.6) is 0 Å². The molecule has 7 nitrogen and oxygen atoms in total. The van der Waals surface area contributed by atoms with Crippen LogP contribution < -0.4 is 4.90 Å². The Labute approximate surface area is 120 Å². The van der Waals surface area contributed by atoms with E-state index in [4.69, 9.17) is 16.9 Å². The van der Waals surface area contributed by atoms with Crippen LogP contribution in [-0.4, -0.2) is 38.7 Å². The average molecular weight is 290 g/mol. The Morgan fingerprint density at radius 3 is 3.10 bits per heavy atom. The van der Waals surface area contributed by atoms with Crippen LogP contribution in [-0.2, 0) is 0 Å². The van der Waals surface area contributed by atoms with E-state index in [0.717, 1.165) is 31.8 Å². The van der Waals surface area contributed by atoms with Crippen molar-refractivity contribution in [2.75, 3.05) is 18.0 Å². The molecule has 1 atom stereocenters. The minimum absolute atomic E-state index is 0.219. The fourth-order valence-corrected chi connectivity index (χ4v) is 2.73. The topological polar surface area (TPSA) is 94.4 Å². The number of nitrogens with one attached hydrogen (secondary N) is 1. The van der Waals surface area contributed by atoms with E-state index >= 15 is 0 Å². The normalized spacial score (nSPS) is 18.8. The van der Waals surface area contributed by atoms with Crippen molar-refractivity contribution in [3.63, 3.8) is 0 Å². The molecule has 1 fully saturated rings. The number of hydrogen-bond acceptors (Lipinski definition) is 6. The molecule has 0 unspecified atom stereocenters. The summed E-state index contributed by atoms with van der Waals surface area (Å²) in [5.41, 5.74) is 0.463. The van der Waals surface area contributed by atoms with Gasteiger partial charge < -0.3 is 4.90 Å². The van der Waals surface area contributed by atoms with Crippen LogP contribution >= 0.6 is 11.6 Å². The third kappa shape index (κ3) is 2.42. The minimum atomic E-state index is 0.219. The number of halogens is 1. The van der Waals surface area contributed by atoms with Gasteiger partial charge in [-0.25, -0.2) is 4.98 Å². The number of hydrogen-bond donors (Lipinski definition) is 1. The highest BCUT2D eigenvalue weighted by atomic mass is 35.5. The number of H-pyrrole nitrogens is 1. The number of aromatic nitrogens is 5. The first kappa shape index (κ1) is 12.8. The zero-order valence-corrected chi connectivity index (χ0v) is 11.4. The smallest absolute Gasteiger partial charge is 0.179 e. The van der Waals surface area contributed by atoms with E-state index in [2.05, 4.69) is 30.5 Å². The lowest BCUT2D eigenvalue weighted by atomic mass is 9.97. The molecule has 0 saturated carbocycles. The van der Waals surface area contributed by atoms with E-state index in [1.807, 2.05) is 6.07 Å². The Kier molecular flexibility index (Phi) is 3.48. The lowest BCUT2D eigenvalue weighted by Gasteiger charge is -2.32. The van der Waals surface area contributed by atoms with Gasteiger partial charge in [-0.15, -0.1) is 10.2 Å². The molecule has 8 heteroatoms. The fourth-order valence-electron chi connectivity index (χ4n) is 2.45. The van der Waals surface area contributed by atoms with E-state index in [-0.39, 0.29) is 5.92 Å². The lowest BCUT2D eigenvalue weighted by molar-refractivity contribution is 0.489. The summed E-state index contributed by atoms with van der Waals surface area (Å²) in [5, 5.41) is 23.5. The van der Waals surface area contributed by atoms with Crippen LogP contribution in [0.15, 0.2) is 12.3 Å². The summed E-state index contributed by atoms with van der Waals surface area (Å²) < 4.78 is 0. The van der Waals surface area contributed by atoms with Crippen LogP contribution in [0.1, 0.15) is 30.1 Å². The number of anilines is 1. The molecule has 102 valence electrons. The number of nitrogens with zero attached hydrogens (tertiary/aromatic N) is 6. The van der Waals surface area contributed by atoms with Gasteiger partial charge in [-0.2, -0.15) is 10.5 Å². The van der Waals surface area contributed by atoms with Crippen molar-refractivity contribution in [3.05, 3.63) is 28.7 Å². The summed E-state index contributed by atoms with van der Waals surface area (Å²) in [6.45, 7) is 1.63. The lowest BCUT2D eigenvalue weighted by Crippen LogP contribution is -2.35. The SMILES string of the molecule is N#Cc1cnc(N2CCC[C@@H](c3nn[nH]n3)C2)c(Cl)c1. The largest absolute Gasteiger partial charge is 0.355 e. The minimum Gasteiger partial charge on any atom is -0.355 e. The number of aromatic amines is 1. The van der Waals surface area contributed by atoms with E-state index < -0.39 is 0 Å². The predicted octanol–water partition coefficient (Wildman–Crippen LogP) is 1.50. The van der Waals surface area contributed by atoms with E-state index in [1.54, 1.807) is 12.3 Å². The van der Waals surface area contributed by atoms with Crippen molar-refractivity contribution in [3.8, 4) is 6.07 Å². The predicted molar refractivity (Wildman–Crippen MR) is 72.3 cm³/mol. The Hall–Kier alpha value is -2.20. The Bertz CT molecular complexity index is 634. The maximum Gasteiger partial charge on any atom is 0.179 e. The second-order valence-corrected chi connectivity index (χ2v) is 5.10. The van der Waals surface area contributed by atoms with Crippen molar-refractivity contribution in [1.82, 2.24) is 25.6 Å². The molecule has 2 aromatic rings. The monoisotopic (exact) mass is 289 g/mol. The van der Waals surface area contributed by atoms with Gasteiger partial charge in [-0.1, -0.05) is 16.8 Å². The Morgan fingerprint density at radius 2 is 2.40 bits per heavy atom. The summed E-state index contributed by atoms with van der Waals surface area (Å²) in [6.07, 6.45) is 3.57.